The number of sulfonamides is 1. The number of carbonyl (C=O) groups is 1. The smallest absolute Gasteiger partial charge is 0.224 e. The highest BCUT2D eigenvalue weighted by Gasteiger charge is 2.18. The molecule has 13 heteroatoms. The highest BCUT2D eigenvalue weighted by molar-refractivity contribution is 7.88. The molecule has 0 atom stereocenters. The molecule has 4 aromatic heterocycles. The van der Waals surface area contributed by atoms with Crippen molar-refractivity contribution < 1.29 is 17.6 Å². The zero-order chi connectivity index (χ0) is 30.1. The lowest BCUT2D eigenvalue weighted by atomic mass is 10.0. The number of amides is 1. The first-order valence-corrected chi connectivity index (χ1v) is 15.4. The predicted molar refractivity (Wildman–Crippen MR) is 163 cm³/mol. The number of rotatable bonds is 9. The highest BCUT2D eigenvalue weighted by atomic mass is 32.2. The molecule has 0 aliphatic heterocycles. The normalized spacial score (nSPS) is 11.8. The van der Waals surface area contributed by atoms with Crippen molar-refractivity contribution in [2.75, 3.05) is 11.6 Å². The van der Waals surface area contributed by atoms with Gasteiger partial charge in [-0.3, -0.25) is 19.9 Å². The van der Waals surface area contributed by atoms with Crippen LogP contribution < -0.4 is 10.0 Å². The highest BCUT2D eigenvalue weighted by Crippen LogP contribution is 2.33. The summed E-state index contributed by atoms with van der Waals surface area (Å²) < 4.78 is 40.0. The van der Waals surface area contributed by atoms with Crippen molar-refractivity contribution in [2.24, 2.45) is 0 Å². The number of hydrogen-bond acceptors (Lipinski definition) is 7. The zero-order valence-corrected chi connectivity index (χ0v) is 24.1. The number of anilines is 1. The summed E-state index contributed by atoms with van der Waals surface area (Å²) >= 11 is 0. The summed E-state index contributed by atoms with van der Waals surface area (Å²) in [5.41, 5.74) is 6.23. The Hall–Kier alpha value is -5.01. The lowest BCUT2D eigenvalue weighted by Gasteiger charge is -2.07. The van der Waals surface area contributed by atoms with Crippen LogP contribution in [0.25, 0.3) is 55.8 Å². The van der Waals surface area contributed by atoms with Crippen LogP contribution in [0, 0.1) is 5.82 Å². The molecule has 0 unspecified atom stereocenters. The molecule has 0 spiro atoms. The van der Waals surface area contributed by atoms with Crippen LogP contribution in [-0.4, -0.2) is 50.7 Å². The van der Waals surface area contributed by atoms with Crippen molar-refractivity contribution in [3.05, 3.63) is 78.5 Å². The van der Waals surface area contributed by atoms with Crippen molar-refractivity contribution in [3.63, 3.8) is 0 Å². The molecule has 2 aromatic carbocycles. The molecule has 0 aliphatic carbocycles. The van der Waals surface area contributed by atoms with E-state index in [1.807, 2.05) is 31.2 Å². The van der Waals surface area contributed by atoms with Crippen LogP contribution in [0.15, 0.2) is 67.1 Å². The van der Waals surface area contributed by atoms with Crippen molar-refractivity contribution in [1.29, 1.82) is 0 Å². The predicted octanol–water partition coefficient (Wildman–Crippen LogP) is 5.16. The van der Waals surface area contributed by atoms with Crippen LogP contribution in [-0.2, 0) is 21.4 Å². The van der Waals surface area contributed by atoms with Gasteiger partial charge in [0.15, 0.2) is 5.82 Å². The van der Waals surface area contributed by atoms with E-state index < -0.39 is 15.8 Å². The van der Waals surface area contributed by atoms with Gasteiger partial charge >= 0.3 is 0 Å². The molecule has 11 nitrogen and oxygen atoms in total. The van der Waals surface area contributed by atoms with E-state index in [0.717, 1.165) is 34.7 Å². The molecule has 4 heterocycles. The first kappa shape index (κ1) is 28.1. The number of benzene rings is 2. The fourth-order valence-electron chi connectivity index (χ4n) is 4.85. The van der Waals surface area contributed by atoms with Gasteiger partial charge in [-0.1, -0.05) is 13.0 Å². The summed E-state index contributed by atoms with van der Waals surface area (Å²) in [6.07, 6.45) is 7.18. The van der Waals surface area contributed by atoms with E-state index in [4.69, 9.17) is 4.98 Å². The second-order valence-electron chi connectivity index (χ2n) is 10.2. The minimum Gasteiger partial charge on any atom is -0.336 e. The maximum absolute atomic E-state index is 14.6. The summed E-state index contributed by atoms with van der Waals surface area (Å²) in [6, 6.07) is 13.8. The zero-order valence-electron chi connectivity index (χ0n) is 23.3. The fourth-order valence-corrected chi connectivity index (χ4v) is 5.28. The molecule has 0 fully saturated rings. The Balaban J connectivity index is 1.37. The monoisotopic (exact) mass is 598 g/mol. The van der Waals surface area contributed by atoms with Gasteiger partial charge < -0.3 is 10.3 Å². The third-order valence-corrected chi connectivity index (χ3v) is 7.46. The molecule has 0 aliphatic rings. The molecular weight excluding hydrogens is 571 g/mol. The molecule has 0 saturated carbocycles. The quantitative estimate of drug-likeness (QED) is 0.179. The van der Waals surface area contributed by atoms with Gasteiger partial charge in [0, 0.05) is 41.9 Å². The molecule has 6 aromatic rings. The van der Waals surface area contributed by atoms with E-state index in [1.54, 1.807) is 30.7 Å². The number of carbonyl (C=O) groups excluding carboxylic acids is 1. The standard InChI is InChI=1S/C30H27FN8O3S/c1-3-4-26(40)35-22-12-20(15-32-16-22)18-5-6-24-23(13-18)28(39-38-24)30-36-25-7-8-33-27(29(25)37-30)19-9-17(10-21(31)11-19)14-34-43(2,41)42/h5-13,15-16,34H,3-4,14H2,1-2H3,(H,35,40)(H,36,37)(H,38,39). The van der Waals surface area contributed by atoms with Crippen LogP contribution in [0.4, 0.5) is 10.1 Å². The van der Waals surface area contributed by atoms with Crippen LogP contribution in [0.3, 0.4) is 0 Å². The number of pyridine rings is 2. The SMILES string of the molecule is CCCC(=O)Nc1cncc(-c2ccc3[nH]nc(-c4nc5c(-c6cc(F)cc(CNS(C)(=O)=O)c6)nccc5[nH]4)c3c2)c1. The summed E-state index contributed by atoms with van der Waals surface area (Å²) in [5.74, 6) is -0.0961. The molecule has 0 saturated heterocycles. The fraction of sp³-hybridized carbons (Fsp3) is 0.167. The topological polar surface area (TPSA) is 158 Å². The number of aromatic nitrogens is 6. The second-order valence-corrected chi connectivity index (χ2v) is 12.0. The minimum atomic E-state index is -3.45. The largest absolute Gasteiger partial charge is 0.336 e. The number of nitrogens with one attached hydrogen (secondary N) is 4. The maximum Gasteiger partial charge on any atom is 0.224 e. The molecule has 218 valence electrons. The van der Waals surface area contributed by atoms with Gasteiger partial charge in [-0.25, -0.2) is 22.5 Å². The average molecular weight is 599 g/mol. The Labute approximate surface area is 246 Å². The molecule has 6 rings (SSSR count). The summed E-state index contributed by atoms with van der Waals surface area (Å²) in [6.45, 7) is 1.89. The number of nitrogens with zero attached hydrogens (tertiary/aromatic N) is 4. The van der Waals surface area contributed by atoms with E-state index in [9.17, 15) is 17.6 Å². The molecular formula is C30H27FN8O3S. The van der Waals surface area contributed by atoms with Crippen molar-refractivity contribution >= 4 is 43.6 Å². The van der Waals surface area contributed by atoms with Gasteiger partial charge in [-0.2, -0.15) is 5.10 Å². The Morgan fingerprint density at radius 1 is 0.977 bits per heavy atom. The first-order chi connectivity index (χ1) is 20.7. The Morgan fingerprint density at radius 2 is 1.84 bits per heavy atom. The van der Waals surface area contributed by atoms with E-state index in [1.165, 1.54) is 12.1 Å². The van der Waals surface area contributed by atoms with Gasteiger partial charge in [0.05, 0.1) is 34.9 Å². The Bertz CT molecular complexity index is 2110. The first-order valence-electron chi connectivity index (χ1n) is 13.5. The third kappa shape index (κ3) is 6.12. The Kier molecular flexibility index (Phi) is 7.42. The van der Waals surface area contributed by atoms with E-state index in [0.29, 0.717) is 51.5 Å². The van der Waals surface area contributed by atoms with E-state index in [2.05, 4.69) is 35.2 Å². The van der Waals surface area contributed by atoms with Crippen molar-refractivity contribution in [3.8, 4) is 33.9 Å². The van der Waals surface area contributed by atoms with Crippen LogP contribution in [0.1, 0.15) is 25.3 Å². The lowest BCUT2D eigenvalue weighted by molar-refractivity contribution is -0.116. The third-order valence-electron chi connectivity index (χ3n) is 6.79. The summed E-state index contributed by atoms with van der Waals surface area (Å²) in [5, 5.41) is 11.3. The number of halogens is 1. The molecule has 4 N–H and O–H groups in total. The molecule has 0 bridgehead atoms. The Morgan fingerprint density at radius 3 is 2.65 bits per heavy atom. The number of aromatic amines is 2. The lowest BCUT2D eigenvalue weighted by Crippen LogP contribution is -2.21. The summed E-state index contributed by atoms with van der Waals surface area (Å²) in [7, 11) is -3.45. The molecule has 1 amide bonds. The van der Waals surface area contributed by atoms with Crippen LogP contribution in [0.2, 0.25) is 0 Å². The number of fused-ring (bicyclic) bond motifs is 2. The van der Waals surface area contributed by atoms with Crippen molar-refractivity contribution in [1.82, 2.24) is 34.9 Å². The number of H-pyrrole nitrogens is 2. The van der Waals surface area contributed by atoms with Crippen molar-refractivity contribution in [2.45, 2.75) is 26.3 Å². The van der Waals surface area contributed by atoms with E-state index in [-0.39, 0.29) is 12.5 Å². The number of hydrogen-bond donors (Lipinski definition) is 4. The van der Waals surface area contributed by atoms with Gasteiger partial charge in [-0.15, -0.1) is 0 Å². The number of imidazole rings is 1. The summed E-state index contributed by atoms with van der Waals surface area (Å²) in [4.78, 5) is 28.9. The average Bonchev–Trinajstić information content (AvgIpc) is 3.59. The van der Waals surface area contributed by atoms with Gasteiger partial charge in [0.2, 0.25) is 15.9 Å². The second kappa shape index (κ2) is 11.3. The van der Waals surface area contributed by atoms with Gasteiger partial charge in [-0.05, 0) is 60.0 Å². The molecule has 43 heavy (non-hydrogen) atoms. The molecule has 0 radical (unpaired) electrons. The van der Waals surface area contributed by atoms with Crippen LogP contribution >= 0.6 is 0 Å². The van der Waals surface area contributed by atoms with Gasteiger partial charge in [0.1, 0.15) is 17.0 Å². The van der Waals surface area contributed by atoms with Gasteiger partial charge in [0.25, 0.3) is 0 Å². The minimum absolute atomic E-state index is 0.0590. The van der Waals surface area contributed by atoms with E-state index >= 15 is 0 Å². The maximum atomic E-state index is 14.6. The van der Waals surface area contributed by atoms with Crippen LogP contribution in [0.5, 0.6) is 0 Å².